The molecule has 0 amide bonds. The maximum Gasteiger partial charge on any atom is 0.171 e. The standard InChI is InChI=1S/C12H20N4O/c1-12(2,3)15-6-4-11(5-7-15)16-8-10(9-17)13-14-16/h8-9,11H,4-7H2,1-3H3. The highest BCUT2D eigenvalue weighted by Gasteiger charge is 2.28. The van der Waals surface area contributed by atoms with Crippen molar-refractivity contribution in [1.29, 1.82) is 0 Å². The Labute approximate surface area is 102 Å². The maximum absolute atomic E-state index is 10.6. The first kappa shape index (κ1) is 12.2. The monoisotopic (exact) mass is 236 g/mol. The zero-order chi connectivity index (χ0) is 12.5. The van der Waals surface area contributed by atoms with Gasteiger partial charge in [0.25, 0.3) is 0 Å². The molecule has 0 saturated carbocycles. The number of aldehydes is 1. The van der Waals surface area contributed by atoms with Crippen molar-refractivity contribution >= 4 is 6.29 Å². The number of likely N-dealkylation sites (tertiary alicyclic amines) is 1. The molecule has 1 aliphatic rings. The van der Waals surface area contributed by atoms with Crippen LogP contribution in [0.4, 0.5) is 0 Å². The molecule has 1 aliphatic heterocycles. The summed E-state index contributed by atoms with van der Waals surface area (Å²) in [6.45, 7) is 8.88. The van der Waals surface area contributed by atoms with Gasteiger partial charge in [0, 0.05) is 18.6 Å². The van der Waals surface area contributed by atoms with Crippen molar-refractivity contribution in [2.24, 2.45) is 0 Å². The normalized spacial score (nSPS) is 19.5. The van der Waals surface area contributed by atoms with E-state index >= 15 is 0 Å². The van der Waals surface area contributed by atoms with Crippen LogP contribution in [0.15, 0.2) is 6.20 Å². The molecular weight excluding hydrogens is 216 g/mol. The fourth-order valence-electron chi connectivity index (χ4n) is 2.32. The number of carbonyl (C=O) groups excluding carboxylic acids is 1. The Kier molecular flexibility index (Phi) is 3.28. The Morgan fingerprint density at radius 3 is 2.47 bits per heavy atom. The lowest BCUT2D eigenvalue weighted by molar-refractivity contribution is 0.0866. The number of aromatic nitrogens is 3. The molecule has 17 heavy (non-hydrogen) atoms. The Bertz CT molecular complexity index is 385. The number of piperidine rings is 1. The van der Waals surface area contributed by atoms with Crippen LogP contribution in [0.2, 0.25) is 0 Å². The van der Waals surface area contributed by atoms with Crippen LogP contribution in [0.25, 0.3) is 0 Å². The van der Waals surface area contributed by atoms with E-state index in [0.29, 0.717) is 11.7 Å². The van der Waals surface area contributed by atoms with Gasteiger partial charge in [0.15, 0.2) is 6.29 Å². The summed E-state index contributed by atoms with van der Waals surface area (Å²) >= 11 is 0. The molecule has 2 heterocycles. The van der Waals surface area contributed by atoms with Crippen molar-refractivity contribution in [2.75, 3.05) is 13.1 Å². The van der Waals surface area contributed by atoms with E-state index in [1.54, 1.807) is 6.20 Å². The highest BCUT2D eigenvalue weighted by atomic mass is 16.1. The average molecular weight is 236 g/mol. The third kappa shape index (κ3) is 2.72. The Hall–Kier alpha value is -1.23. The van der Waals surface area contributed by atoms with Crippen LogP contribution in [0.1, 0.15) is 50.1 Å². The zero-order valence-corrected chi connectivity index (χ0v) is 10.8. The van der Waals surface area contributed by atoms with Crippen molar-refractivity contribution in [3.63, 3.8) is 0 Å². The van der Waals surface area contributed by atoms with Gasteiger partial charge >= 0.3 is 0 Å². The highest BCUT2D eigenvalue weighted by molar-refractivity contribution is 5.70. The van der Waals surface area contributed by atoms with Crippen LogP contribution in [0, 0.1) is 0 Å². The van der Waals surface area contributed by atoms with E-state index in [2.05, 4.69) is 36.0 Å². The smallest absolute Gasteiger partial charge is 0.171 e. The topological polar surface area (TPSA) is 51.0 Å². The van der Waals surface area contributed by atoms with Gasteiger partial charge in [-0.05, 0) is 33.6 Å². The van der Waals surface area contributed by atoms with Gasteiger partial charge in [-0.15, -0.1) is 5.10 Å². The van der Waals surface area contributed by atoms with Crippen molar-refractivity contribution in [2.45, 2.75) is 45.2 Å². The van der Waals surface area contributed by atoms with E-state index in [-0.39, 0.29) is 5.54 Å². The molecule has 5 nitrogen and oxygen atoms in total. The summed E-state index contributed by atoms with van der Waals surface area (Å²) in [4.78, 5) is 13.0. The van der Waals surface area contributed by atoms with Crippen molar-refractivity contribution in [3.05, 3.63) is 11.9 Å². The molecule has 0 atom stereocenters. The summed E-state index contributed by atoms with van der Waals surface area (Å²) in [5.41, 5.74) is 0.657. The Morgan fingerprint density at radius 1 is 1.35 bits per heavy atom. The predicted octanol–water partition coefficient (Wildman–Crippen LogP) is 1.53. The lowest BCUT2D eigenvalue weighted by Gasteiger charge is -2.40. The number of carbonyl (C=O) groups is 1. The molecule has 1 aromatic rings. The van der Waals surface area contributed by atoms with Crippen LogP contribution < -0.4 is 0 Å². The molecular formula is C12H20N4O. The van der Waals surface area contributed by atoms with Crippen molar-refractivity contribution in [1.82, 2.24) is 19.9 Å². The van der Waals surface area contributed by atoms with Crippen LogP contribution in [-0.2, 0) is 0 Å². The van der Waals surface area contributed by atoms with Crippen LogP contribution >= 0.6 is 0 Å². The molecule has 1 saturated heterocycles. The molecule has 0 bridgehead atoms. The predicted molar refractivity (Wildman–Crippen MR) is 65.0 cm³/mol. The van der Waals surface area contributed by atoms with E-state index in [1.807, 2.05) is 4.68 Å². The third-order valence-electron chi connectivity index (χ3n) is 3.44. The molecule has 1 aromatic heterocycles. The molecule has 0 unspecified atom stereocenters. The Morgan fingerprint density at radius 2 is 2.00 bits per heavy atom. The first-order chi connectivity index (χ1) is 8.00. The molecule has 94 valence electrons. The summed E-state index contributed by atoms with van der Waals surface area (Å²) in [5.74, 6) is 0. The second kappa shape index (κ2) is 4.56. The maximum atomic E-state index is 10.6. The van der Waals surface area contributed by atoms with Gasteiger partial charge in [0.2, 0.25) is 0 Å². The Balaban J connectivity index is 1.97. The van der Waals surface area contributed by atoms with Crippen LogP contribution in [0.3, 0.4) is 0 Å². The summed E-state index contributed by atoms with van der Waals surface area (Å²) in [7, 11) is 0. The lowest BCUT2D eigenvalue weighted by Crippen LogP contribution is -2.46. The zero-order valence-electron chi connectivity index (χ0n) is 10.8. The largest absolute Gasteiger partial charge is 0.298 e. The quantitative estimate of drug-likeness (QED) is 0.731. The van der Waals surface area contributed by atoms with Crippen LogP contribution in [-0.4, -0.2) is 44.8 Å². The molecule has 0 aliphatic carbocycles. The lowest BCUT2D eigenvalue weighted by atomic mass is 9.98. The fourth-order valence-corrected chi connectivity index (χ4v) is 2.32. The minimum Gasteiger partial charge on any atom is -0.298 e. The number of nitrogens with zero attached hydrogens (tertiary/aromatic N) is 4. The fraction of sp³-hybridized carbons (Fsp3) is 0.750. The molecule has 5 heteroatoms. The van der Waals surface area contributed by atoms with Gasteiger partial charge in [-0.2, -0.15) is 0 Å². The van der Waals surface area contributed by atoms with E-state index in [0.717, 1.165) is 32.2 Å². The van der Waals surface area contributed by atoms with Crippen LogP contribution in [0.5, 0.6) is 0 Å². The third-order valence-corrected chi connectivity index (χ3v) is 3.44. The van der Waals surface area contributed by atoms with Crippen molar-refractivity contribution in [3.8, 4) is 0 Å². The van der Waals surface area contributed by atoms with E-state index in [1.165, 1.54) is 0 Å². The average Bonchev–Trinajstić information content (AvgIpc) is 2.76. The minimum atomic E-state index is 0.237. The van der Waals surface area contributed by atoms with Gasteiger partial charge in [0.05, 0.1) is 12.2 Å². The molecule has 0 radical (unpaired) electrons. The second-order valence-corrected chi connectivity index (χ2v) is 5.63. The summed E-state index contributed by atoms with van der Waals surface area (Å²) < 4.78 is 1.84. The number of hydrogen-bond acceptors (Lipinski definition) is 4. The van der Waals surface area contributed by atoms with Gasteiger partial charge in [-0.1, -0.05) is 5.21 Å². The van der Waals surface area contributed by atoms with Gasteiger partial charge < -0.3 is 0 Å². The number of hydrogen-bond donors (Lipinski definition) is 0. The van der Waals surface area contributed by atoms with Gasteiger partial charge in [-0.25, -0.2) is 4.68 Å². The van der Waals surface area contributed by atoms with Gasteiger partial charge in [0.1, 0.15) is 5.69 Å². The highest BCUT2D eigenvalue weighted by Crippen LogP contribution is 2.26. The summed E-state index contributed by atoms with van der Waals surface area (Å²) in [6, 6.07) is 0.384. The van der Waals surface area contributed by atoms with Crippen molar-refractivity contribution < 1.29 is 4.79 Å². The van der Waals surface area contributed by atoms with E-state index in [9.17, 15) is 4.79 Å². The number of rotatable bonds is 2. The molecule has 0 N–H and O–H groups in total. The summed E-state index contributed by atoms with van der Waals surface area (Å²) in [5, 5.41) is 7.82. The van der Waals surface area contributed by atoms with Gasteiger partial charge in [-0.3, -0.25) is 9.69 Å². The minimum absolute atomic E-state index is 0.237. The molecule has 0 spiro atoms. The van der Waals surface area contributed by atoms with E-state index < -0.39 is 0 Å². The molecule has 2 rings (SSSR count). The molecule has 0 aromatic carbocycles. The van der Waals surface area contributed by atoms with E-state index in [4.69, 9.17) is 0 Å². The SMILES string of the molecule is CC(C)(C)N1CCC(n2cc(C=O)nn2)CC1. The first-order valence-electron chi connectivity index (χ1n) is 6.13. The first-order valence-corrected chi connectivity index (χ1v) is 6.13. The molecule has 1 fully saturated rings. The second-order valence-electron chi connectivity index (χ2n) is 5.63. The summed E-state index contributed by atoms with van der Waals surface area (Å²) in [6.07, 6.45) is 4.62.